The van der Waals surface area contributed by atoms with Crippen LogP contribution in [-0.2, 0) is 14.3 Å². The van der Waals surface area contributed by atoms with Crippen molar-refractivity contribution in [3.8, 4) is 0 Å². The molecule has 1 saturated heterocycles. The van der Waals surface area contributed by atoms with Crippen LogP contribution in [0.3, 0.4) is 0 Å². The first-order valence-electron chi connectivity index (χ1n) is 5.63. The van der Waals surface area contributed by atoms with Crippen LogP contribution in [0, 0.1) is 0 Å². The number of carbonyl (C=O) groups is 2. The predicted molar refractivity (Wildman–Crippen MR) is 59.9 cm³/mol. The Balaban J connectivity index is 2.53. The standard InChI is InChI=1S/C11H20N2O3/c1-8(9(14)16-3)13-10(15)11(2)6-4-5-7-12-11/h8,12H,4-7H2,1-3H3,(H,13,15). The summed E-state index contributed by atoms with van der Waals surface area (Å²) in [5.41, 5.74) is -0.555. The summed E-state index contributed by atoms with van der Waals surface area (Å²) in [6.07, 6.45) is 2.92. The molecule has 0 radical (unpaired) electrons. The highest BCUT2D eigenvalue weighted by Gasteiger charge is 2.35. The lowest BCUT2D eigenvalue weighted by atomic mass is 9.90. The van der Waals surface area contributed by atoms with Crippen LogP contribution in [0.4, 0.5) is 0 Å². The van der Waals surface area contributed by atoms with Crippen molar-refractivity contribution in [1.82, 2.24) is 10.6 Å². The molecular weight excluding hydrogens is 208 g/mol. The quantitative estimate of drug-likeness (QED) is 0.677. The average Bonchev–Trinajstić information content (AvgIpc) is 2.28. The summed E-state index contributed by atoms with van der Waals surface area (Å²) < 4.78 is 4.56. The van der Waals surface area contributed by atoms with E-state index in [9.17, 15) is 9.59 Å². The molecule has 1 rings (SSSR count). The van der Waals surface area contributed by atoms with Crippen LogP contribution in [-0.4, -0.2) is 37.1 Å². The minimum Gasteiger partial charge on any atom is -0.467 e. The lowest BCUT2D eigenvalue weighted by Crippen LogP contribution is -2.59. The maximum absolute atomic E-state index is 12.0. The summed E-state index contributed by atoms with van der Waals surface area (Å²) in [4.78, 5) is 23.1. The fourth-order valence-electron chi connectivity index (χ4n) is 1.84. The molecule has 1 heterocycles. The van der Waals surface area contributed by atoms with Gasteiger partial charge in [-0.1, -0.05) is 0 Å². The Morgan fingerprint density at radius 2 is 2.12 bits per heavy atom. The van der Waals surface area contributed by atoms with Crippen LogP contribution in [0.15, 0.2) is 0 Å². The molecule has 1 fully saturated rings. The fraction of sp³-hybridized carbons (Fsp3) is 0.818. The molecule has 92 valence electrons. The van der Waals surface area contributed by atoms with Crippen molar-refractivity contribution < 1.29 is 14.3 Å². The van der Waals surface area contributed by atoms with Gasteiger partial charge < -0.3 is 15.4 Å². The second-order valence-corrected chi connectivity index (χ2v) is 4.43. The van der Waals surface area contributed by atoms with Crippen LogP contribution in [0.25, 0.3) is 0 Å². The van der Waals surface area contributed by atoms with Crippen LogP contribution in [0.1, 0.15) is 33.1 Å². The van der Waals surface area contributed by atoms with Crippen LogP contribution < -0.4 is 10.6 Å². The van der Waals surface area contributed by atoms with Gasteiger partial charge in [0.2, 0.25) is 5.91 Å². The highest BCUT2D eigenvalue weighted by Crippen LogP contribution is 2.18. The van der Waals surface area contributed by atoms with E-state index >= 15 is 0 Å². The molecule has 0 saturated carbocycles. The molecule has 0 bridgehead atoms. The molecule has 0 aliphatic carbocycles. The van der Waals surface area contributed by atoms with Gasteiger partial charge in [0.1, 0.15) is 6.04 Å². The molecule has 16 heavy (non-hydrogen) atoms. The van der Waals surface area contributed by atoms with Crippen LogP contribution >= 0.6 is 0 Å². The number of hydrogen-bond acceptors (Lipinski definition) is 4. The second kappa shape index (κ2) is 5.30. The average molecular weight is 228 g/mol. The first-order chi connectivity index (χ1) is 7.49. The second-order valence-electron chi connectivity index (χ2n) is 4.43. The first-order valence-corrected chi connectivity index (χ1v) is 5.63. The first kappa shape index (κ1) is 13.0. The van der Waals surface area contributed by atoms with E-state index in [4.69, 9.17) is 0 Å². The zero-order chi connectivity index (χ0) is 12.2. The van der Waals surface area contributed by atoms with Crippen molar-refractivity contribution >= 4 is 11.9 Å². The molecule has 1 amide bonds. The van der Waals surface area contributed by atoms with Gasteiger partial charge in [-0.15, -0.1) is 0 Å². The van der Waals surface area contributed by atoms with Crippen LogP contribution in [0.2, 0.25) is 0 Å². The van der Waals surface area contributed by atoms with Gasteiger partial charge in [0, 0.05) is 0 Å². The lowest BCUT2D eigenvalue weighted by Gasteiger charge is -2.34. The smallest absolute Gasteiger partial charge is 0.328 e. The zero-order valence-corrected chi connectivity index (χ0v) is 10.1. The van der Waals surface area contributed by atoms with Crippen molar-refractivity contribution in [2.24, 2.45) is 0 Å². The number of rotatable bonds is 3. The lowest BCUT2D eigenvalue weighted by molar-refractivity contribution is -0.145. The van der Waals surface area contributed by atoms with E-state index in [1.807, 2.05) is 6.92 Å². The maximum Gasteiger partial charge on any atom is 0.328 e. The van der Waals surface area contributed by atoms with Gasteiger partial charge in [-0.2, -0.15) is 0 Å². The molecule has 1 aliphatic rings. The summed E-state index contributed by atoms with van der Waals surface area (Å²) in [7, 11) is 1.31. The van der Waals surface area contributed by atoms with E-state index in [0.717, 1.165) is 25.8 Å². The molecule has 0 spiro atoms. The van der Waals surface area contributed by atoms with Crippen molar-refractivity contribution in [3.63, 3.8) is 0 Å². The third-order valence-electron chi connectivity index (χ3n) is 3.02. The summed E-state index contributed by atoms with van der Waals surface area (Å²) in [5, 5.41) is 5.86. The van der Waals surface area contributed by atoms with Gasteiger partial charge in [0.25, 0.3) is 0 Å². The van der Waals surface area contributed by atoms with Gasteiger partial charge in [0.15, 0.2) is 0 Å². The van der Waals surface area contributed by atoms with Crippen molar-refractivity contribution in [2.75, 3.05) is 13.7 Å². The number of ether oxygens (including phenoxy) is 1. The van der Waals surface area contributed by atoms with E-state index in [1.54, 1.807) is 6.92 Å². The van der Waals surface area contributed by atoms with E-state index in [0.29, 0.717) is 0 Å². The normalized spacial score (nSPS) is 26.9. The summed E-state index contributed by atoms with van der Waals surface area (Å²) in [5.74, 6) is -0.558. The Kier molecular flexibility index (Phi) is 4.29. The molecule has 2 atom stereocenters. The highest BCUT2D eigenvalue weighted by atomic mass is 16.5. The molecule has 1 aliphatic heterocycles. The summed E-state index contributed by atoms with van der Waals surface area (Å²) in [6, 6.07) is -0.599. The Morgan fingerprint density at radius 3 is 2.62 bits per heavy atom. The number of carbonyl (C=O) groups excluding carboxylic acids is 2. The SMILES string of the molecule is COC(=O)C(C)NC(=O)C1(C)CCCCN1. The van der Waals surface area contributed by atoms with Gasteiger partial charge in [-0.3, -0.25) is 4.79 Å². The van der Waals surface area contributed by atoms with Crippen molar-refractivity contribution in [3.05, 3.63) is 0 Å². The molecule has 0 aromatic heterocycles. The molecule has 0 aromatic rings. The third-order valence-corrected chi connectivity index (χ3v) is 3.02. The molecule has 5 nitrogen and oxygen atoms in total. The summed E-state index contributed by atoms with van der Waals surface area (Å²) in [6.45, 7) is 4.33. The fourth-order valence-corrected chi connectivity index (χ4v) is 1.84. The molecule has 5 heteroatoms. The highest BCUT2D eigenvalue weighted by molar-refractivity contribution is 5.90. The minimum absolute atomic E-state index is 0.134. The largest absolute Gasteiger partial charge is 0.467 e. The van der Waals surface area contributed by atoms with Crippen LogP contribution in [0.5, 0.6) is 0 Å². The third kappa shape index (κ3) is 2.95. The Morgan fingerprint density at radius 1 is 1.44 bits per heavy atom. The summed E-state index contributed by atoms with van der Waals surface area (Å²) >= 11 is 0. The van der Waals surface area contributed by atoms with E-state index in [2.05, 4.69) is 15.4 Å². The number of hydrogen-bond donors (Lipinski definition) is 2. The van der Waals surface area contributed by atoms with E-state index < -0.39 is 17.6 Å². The van der Waals surface area contributed by atoms with Gasteiger partial charge in [-0.25, -0.2) is 4.79 Å². The monoisotopic (exact) mass is 228 g/mol. The van der Waals surface area contributed by atoms with Gasteiger partial charge in [-0.05, 0) is 39.7 Å². The molecule has 0 aromatic carbocycles. The number of piperidine rings is 1. The van der Waals surface area contributed by atoms with Crippen molar-refractivity contribution in [2.45, 2.75) is 44.7 Å². The van der Waals surface area contributed by atoms with Gasteiger partial charge in [0.05, 0.1) is 12.6 Å². The van der Waals surface area contributed by atoms with Gasteiger partial charge >= 0.3 is 5.97 Å². The number of nitrogens with one attached hydrogen (secondary N) is 2. The Hall–Kier alpha value is -1.10. The number of methoxy groups -OCH3 is 1. The Labute approximate surface area is 95.9 Å². The molecule has 2 N–H and O–H groups in total. The van der Waals surface area contributed by atoms with E-state index in [1.165, 1.54) is 7.11 Å². The van der Waals surface area contributed by atoms with Crippen molar-refractivity contribution in [1.29, 1.82) is 0 Å². The zero-order valence-electron chi connectivity index (χ0n) is 10.1. The minimum atomic E-state index is -0.599. The number of amides is 1. The number of esters is 1. The molecule has 2 unspecified atom stereocenters. The predicted octanol–water partition coefficient (Wildman–Crippen LogP) is 0.196. The maximum atomic E-state index is 12.0. The van der Waals surface area contributed by atoms with E-state index in [-0.39, 0.29) is 5.91 Å². The Bertz CT molecular complexity index is 272. The topological polar surface area (TPSA) is 67.4 Å². The molecular formula is C11H20N2O3.